The van der Waals surface area contributed by atoms with Gasteiger partial charge >= 0.3 is 5.97 Å². The summed E-state index contributed by atoms with van der Waals surface area (Å²) < 4.78 is 10.5. The molecule has 28 heavy (non-hydrogen) atoms. The first kappa shape index (κ1) is 21.7. The Hall–Kier alpha value is -2.57. The van der Waals surface area contributed by atoms with E-state index in [1.165, 1.54) is 6.20 Å². The van der Waals surface area contributed by atoms with Crippen molar-refractivity contribution in [2.75, 3.05) is 19.0 Å². The summed E-state index contributed by atoms with van der Waals surface area (Å²) in [5.74, 6) is 0.135. The van der Waals surface area contributed by atoms with E-state index in [0.717, 1.165) is 17.5 Å². The Balaban J connectivity index is 0.00000280. The van der Waals surface area contributed by atoms with Crippen molar-refractivity contribution in [2.45, 2.75) is 20.3 Å². The second-order valence-corrected chi connectivity index (χ2v) is 6.39. The average Bonchev–Trinajstić information content (AvgIpc) is 2.66. The smallest absolute Gasteiger partial charge is 0.341 e. The number of nitrogens with zero attached hydrogens (tertiary/aromatic N) is 2. The van der Waals surface area contributed by atoms with Crippen LogP contribution in [-0.2, 0) is 4.74 Å². The molecule has 8 heteroatoms. The number of aryl methyl sites for hydroxylation is 1. The molecule has 0 amide bonds. The van der Waals surface area contributed by atoms with Crippen molar-refractivity contribution in [2.24, 2.45) is 0 Å². The molecule has 0 spiro atoms. The van der Waals surface area contributed by atoms with Crippen molar-refractivity contribution in [1.82, 2.24) is 9.97 Å². The van der Waals surface area contributed by atoms with Crippen LogP contribution in [0.1, 0.15) is 29.4 Å². The highest BCUT2D eigenvalue weighted by molar-refractivity contribution is 6.32. The van der Waals surface area contributed by atoms with E-state index in [2.05, 4.69) is 15.3 Å². The fourth-order valence-corrected chi connectivity index (χ4v) is 2.88. The highest BCUT2D eigenvalue weighted by Gasteiger charge is 2.18. The number of ether oxygens (including phenoxy) is 2. The zero-order valence-electron chi connectivity index (χ0n) is 15.8. The van der Waals surface area contributed by atoms with Crippen LogP contribution in [-0.4, -0.2) is 29.7 Å². The summed E-state index contributed by atoms with van der Waals surface area (Å²) >= 11 is 6.22. The van der Waals surface area contributed by atoms with Crippen LogP contribution in [0.25, 0.3) is 11.0 Å². The molecule has 2 heterocycles. The molecule has 0 bridgehead atoms. The van der Waals surface area contributed by atoms with Crippen molar-refractivity contribution in [3.8, 4) is 5.75 Å². The minimum absolute atomic E-state index is 0. The lowest BCUT2D eigenvalue weighted by Crippen LogP contribution is -2.10. The Morgan fingerprint density at radius 2 is 2.04 bits per heavy atom. The Labute approximate surface area is 174 Å². The number of esters is 1. The van der Waals surface area contributed by atoms with Gasteiger partial charge in [0.05, 0.1) is 24.4 Å². The van der Waals surface area contributed by atoms with Gasteiger partial charge in [-0.25, -0.2) is 14.8 Å². The van der Waals surface area contributed by atoms with Gasteiger partial charge < -0.3 is 14.8 Å². The van der Waals surface area contributed by atoms with Crippen LogP contribution in [0, 0.1) is 6.92 Å². The number of aromatic nitrogens is 2. The SMILES string of the molecule is CCCOC(=O)c1cnc2nc(C)ccc2c1Nc1ccc(OC)c(Cl)c1.Cl. The summed E-state index contributed by atoms with van der Waals surface area (Å²) in [6.07, 6.45) is 2.23. The van der Waals surface area contributed by atoms with Gasteiger partial charge in [0.2, 0.25) is 0 Å². The van der Waals surface area contributed by atoms with Crippen LogP contribution < -0.4 is 10.1 Å². The summed E-state index contributed by atoms with van der Waals surface area (Å²) in [5.41, 5.74) is 3.01. The molecule has 0 unspecified atom stereocenters. The van der Waals surface area contributed by atoms with E-state index in [4.69, 9.17) is 21.1 Å². The van der Waals surface area contributed by atoms with Crippen molar-refractivity contribution < 1.29 is 14.3 Å². The van der Waals surface area contributed by atoms with Gasteiger partial charge in [-0.2, -0.15) is 0 Å². The third-order valence-electron chi connectivity index (χ3n) is 3.95. The van der Waals surface area contributed by atoms with E-state index in [9.17, 15) is 4.79 Å². The van der Waals surface area contributed by atoms with Gasteiger partial charge in [0.25, 0.3) is 0 Å². The molecule has 0 fully saturated rings. The maximum Gasteiger partial charge on any atom is 0.341 e. The minimum Gasteiger partial charge on any atom is -0.495 e. The molecule has 0 saturated heterocycles. The molecule has 1 N–H and O–H groups in total. The third kappa shape index (κ3) is 4.64. The molecule has 0 radical (unpaired) electrons. The highest BCUT2D eigenvalue weighted by atomic mass is 35.5. The number of nitrogens with one attached hydrogen (secondary N) is 1. The van der Waals surface area contributed by atoms with E-state index in [-0.39, 0.29) is 12.4 Å². The normalized spacial score (nSPS) is 10.3. The number of halogens is 2. The Kier molecular flexibility index (Phi) is 7.43. The number of benzene rings is 1. The number of hydrogen-bond donors (Lipinski definition) is 1. The molecule has 0 aliphatic carbocycles. The van der Waals surface area contributed by atoms with Crippen molar-refractivity contribution in [3.63, 3.8) is 0 Å². The summed E-state index contributed by atoms with van der Waals surface area (Å²) in [6, 6.07) is 9.06. The fraction of sp³-hybridized carbons (Fsp3) is 0.250. The molecular formula is C20H21Cl2N3O3. The van der Waals surface area contributed by atoms with Crippen LogP contribution in [0.3, 0.4) is 0 Å². The zero-order chi connectivity index (χ0) is 19.4. The third-order valence-corrected chi connectivity index (χ3v) is 4.24. The number of hydrogen-bond acceptors (Lipinski definition) is 6. The van der Waals surface area contributed by atoms with E-state index in [0.29, 0.717) is 40.0 Å². The van der Waals surface area contributed by atoms with Gasteiger partial charge in [-0.3, -0.25) is 0 Å². The molecule has 3 rings (SSSR count). The highest BCUT2D eigenvalue weighted by Crippen LogP contribution is 2.33. The summed E-state index contributed by atoms with van der Waals surface area (Å²) in [7, 11) is 1.56. The van der Waals surface area contributed by atoms with E-state index >= 15 is 0 Å². The van der Waals surface area contributed by atoms with Gasteiger partial charge in [0, 0.05) is 23.0 Å². The number of rotatable bonds is 6. The first-order valence-electron chi connectivity index (χ1n) is 8.57. The van der Waals surface area contributed by atoms with Crippen molar-refractivity contribution in [1.29, 1.82) is 0 Å². The quantitative estimate of drug-likeness (QED) is 0.541. The maximum atomic E-state index is 12.5. The number of carbonyl (C=O) groups excluding carboxylic acids is 1. The minimum atomic E-state index is -0.436. The number of pyridine rings is 2. The summed E-state index contributed by atoms with van der Waals surface area (Å²) in [5, 5.41) is 4.45. The molecule has 3 aromatic rings. The van der Waals surface area contributed by atoms with Crippen LogP contribution in [0.2, 0.25) is 5.02 Å². The topological polar surface area (TPSA) is 73.3 Å². The van der Waals surface area contributed by atoms with Crippen LogP contribution in [0.15, 0.2) is 36.5 Å². The van der Waals surface area contributed by atoms with E-state index in [1.54, 1.807) is 19.2 Å². The van der Waals surface area contributed by atoms with Crippen LogP contribution in [0.4, 0.5) is 11.4 Å². The molecule has 2 aromatic heterocycles. The lowest BCUT2D eigenvalue weighted by atomic mass is 10.1. The van der Waals surface area contributed by atoms with Gasteiger partial charge in [0.1, 0.15) is 11.3 Å². The molecule has 6 nitrogen and oxygen atoms in total. The first-order chi connectivity index (χ1) is 13.0. The number of anilines is 2. The largest absolute Gasteiger partial charge is 0.495 e. The van der Waals surface area contributed by atoms with E-state index in [1.807, 2.05) is 32.0 Å². The average molecular weight is 422 g/mol. The van der Waals surface area contributed by atoms with Gasteiger partial charge in [-0.15, -0.1) is 12.4 Å². The molecule has 148 valence electrons. The first-order valence-corrected chi connectivity index (χ1v) is 8.95. The predicted octanol–water partition coefficient (Wildman–Crippen LogP) is 5.33. The Morgan fingerprint density at radius 3 is 2.71 bits per heavy atom. The second-order valence-electron chi connectivity index (χ2n) is 5.98. The van der Waals surface area contributed by atoms with Crippen LogP contribution in [0.5, 0.6) is 5.75 Å². The molecular weight excluding hydrogens is 401 g/mol. The summed E-state index contributed by atoms with van der Waals surface area (Å²) in [4.78, 5) is 21.3. The Bertz CT molecular complexity index is 996. The zero-order valence-corrected chi connectivity index (χ0v) is 17.4. The summed E-state index contributed by atoms with van der Waals surface area (Å²) in [6.45, 7) is 4.18. The second kappa shape index (κ2) is 9.57. The van der Waals surface area contributed by atoms with Crippen molar-refractivity contribution >= 4 is 52.4 Å². The van der Waals surface area contributed by atoms with Crippen LogP contribution >= 0.6 is 24.0 Å². The monoisotopic (exact) mass is 421 g/mol. The molecule has 0 saturated carbocycles. The van der Waals surface area contributed by atoms with Gasteiger partial charge in [0.15, 0.2) is 5.65 Å². The lowest BCUT2D eigenvalue weighted by molar-refractivity contribution is 0.0506. The predicted molar refractivity (Wildman–Crippen MR) is 113 cm³/mol. The molecule has 0 atom stereocenters. The standard InChI is InChI=1S/C20H20ClN3O3.ClH/c1-4-9-27-20(25)15-11-22-19-14(7-5-12(2)23-19)18(15)24-13-6-8-17(26-3)16(21)10-13;/h5-8,10-11H,4,9H2,1-3H3,(H,22,23,24);1H. The molecule has 0 aliphatic rings. The fourth-order valence-electron chi connectivity index (χ4n) is 2.62. The lowest BCUT2D eigenvalue weighted by Gasteiger charge is -2.15. The van der Waals surface area contributed by atoms with Gasteiger partial charge in [-0.1, -0.05) is 18.5 Å². The molecule has 1 aromatic carbocycles. The number of carbonyl (C=O) groups is 1. The van der Waals surface area contributed by atoms with Crippen molar-refractivity contribution in [3.05, 3.63) is 52.8 Å². The van der Waals surface area contributed by atoms with E-state index < -0.39 is 5.97 Å². The Morgan fingerprint density at radius 1 is 1.25 bits per heavy atom. The molecule has 0 aliphatic heterocycles. The maximum absolute atomic E-state index is 12.5. The number of methoxy groups -OCH3 is 1. The number of fused-ring (bicyclic) bond motifs is 1. The van der Waals surface area contributed by atoms with Gasteiger partial charge in [-0.05, 0) is 43.7 Å².